The van der Waals surface area contributed by atoms with Crippen LogP contribution in [0.25, 0.3) is 10.8 Å². The van der Waals surface area contributed by atoms with Gasteiger partial charge in [0.1, 0.15) is 0 Å². The monoisotopic (exact) mass is 296 g/mol. The number of thiol groups is 1. The van der Waals surface area contributed by atoms with Gasteiger partial charge in [-0.25, -0.2) is 0 Å². The molecule has 0 atom stereocenters. The van der Waals surface area contributed by atoms with Crippen molar-refractivity contribution < 1.29 is 0 Å². The summed E-state index contributed by atoms with van der Waals surface area (Å²) in [5.41, 5.74) is 1.30. The molecule has 0 aromatic heterocycles. The molecule has 2 rings (SSSR count). The summed E-state index contributed by atoms with van der Waals surface area (Å²) >= 11 is 7.69. The molecule has 0 saturated carbocycles. The van der Waals surface area contributed by atoms with E-state index in [4.69, 9.17) is 0 Å². The third-order valence-corrected chi connectivity index (χ3v) is 3.97. The maximum absolute atomic E-state index is 4.52. The molecule has 2 aromatic rings. The summed E-state index contributed by atoms with van der Waals surface area (Å²) in [5.74, 6) is 0. The number of hydrogen-bond acceptors (Lipinski definition) is 2. The summed E-state index contributed by atoms with van der Waals surface area (Å²) in [5, 5.41) is 5.81. The average molecular weight is 295 g/mol. The molecule has 0 saturated heterocycles. The van der Waals surface area contributed by atoms with Crippen molar-refractivity contribution in [2.45, 2.75) is 18.4 Å². The van der Waals surface area contributed by atoms with E-state index < -0.39 is 0 Å². The molecule has 1 nitrogen and oxygen atoms in total. The second kappa shape index (κ2) is 5.24. The molecule has 1 radical (unpaired) electrons. The summed E-state index contributed by atoms with van der Waals surface area (Å²) in [6.07, 6.45) is 0. The van der Waals surface area contributed by atoms with Crippen molar-refractivity contribution in [3.05, 3.63) is 35.9 Å². The number of hydrogen-bond donors (Lipinski definition) is 2. The van der Waals surface area contributed by atoms with E-state index in [9.17, 15) is 0 Å². The van der Waals surface area contributed by atoms with E-state index in [-0.39, 0.29) is 0 Å². The van der Waals surface area contributed by atoms with Gasteiger partial charge in [-0.2, -0.15) is 0 Å². The fourth-order valence-corrected chi connectivity index (χ4v) is 3.04. The second-order valence-corrected chi connectivity index (χ2v) is 5.05. The van der Waals surface area contributed by atoms with Gasteiger partial charge in [0.15, 0.2) is 0 Å². The topological polar surface area (TPSA) is 12.0 Å². The first kappa shape index (κ1) is 12.0. The Morgan fingerprint density at radius 3 is 2.81 bits per heavy atom. The van der Waals surface area contributed by atoms with E-state index in [1.807, 2.05) is 12.1 Å². The Balaban J connectivity index is 2.55. The molecule has 16 heavy (non-hydrogen) atoms. The van der Waals surface area contributed by atoms with Crippen LogP contribution in [0.2, 0.25) is 0 Å². The molecular weight excluding hydrogens is 281 g/mol. The zero-order valence-corrected chi connectivity index (χ0v) is 11.8. The molecule has 1 N–H and O–H groups in total. The third kappa shape index (κ3) is 2.28. The van der Waals surface area contributed by atoms with Crippen molar-refractivity contribution in [2.75, 3.05) is 6.54 Å². The molecule has 83 valence electrons. The van der Waals surface area contributed by atoms with Crippen LogP contribution in [0, 0.1) is 0 Å². The number of rotatable bonds is 3. The van der Waals surface area contributed by atoms with Crippen LogP contribution in [-0.4, -0.2) is 22.6 Å². The fraction of sp³-hybridized carbons (Fsp3) is 0.231. The molecule has 0 bridgehead atoms. The van der Waals surface area contributed by atoms with Gasteiger partial charge in [0.2, 0.25) is 0 Å². The van der Waals surface area contributed by atoms with E-state index >= 15 is 0 Å². The molecule has 0 aliphatic carbocycles. The molecule has 0 spiro atoms. The van der Waals surface area contributed by atoms with Crippen molar-refractivity contribution in [3.8, 4) is 0 Å². The van der Waals surface area contributed by atoms with Crippen molar-refractivity contribution in [2.24, 2.45) is 0 Å². The van der Waals surface area contributed by atoms with Crippen molar-refractivity contribution in [1.82, 2.24) is 5.32 Å². The molecule has 0 heterocycles. The van der Waals surface area contributed by atoms with E-state index in [0.717, 1.165) is 18.0 Å². The van der Waals surface area contributed by atoms with Crippen LogP contribution in [0.5, 0.6) is 0 Å². The maximum atomic E-state index is 4.52. The van der Waals surface area contributed by atoms with Crippen molar-refractivity contribution in [1.29, 1.82) is 0 Å². The van der Waals surface area contributed by atoms with Crippen molar-refractivity contribution >= 4 is 43.9 Å². The molecule has 0 aliphatic heterocycles. The van der Waals surface area contributed by atoms with Gasteiger partial charge < -0.3 is 0 Å². The Bertz CT molecular complexity index is 511. The van der Waals surface area contributed by atoms with Gasteiger partial charge in [-0.3, -0.25) is 0 Å². The van der Waals surface area contributed by atoms with Gasteiger partial charge in [-0.05, 0) is 0 Å². The predicted molar refractivity (Wildman–Crippen MR) is 74.0 cm³/mol. The number of nitrogens with one attached hydrogen (secondary N) is 1. The van der Waals surface area contributed by atoms with Crippen LogP contribution >= 0.6 is 12.6 Å². The first-order valence-electron chi connectivity index (χ1n) is 5.35. The zero-order valence-electron chi connectivity index (χ0n) is 9.16. The predicted octanol–water partition coefficient (Wildman–Crippen LogP) is 2.03. The van der Waals surface area contributed by atoms with Gasteiger partial charge in [-0.15, -0.1) is 0 Å². The first-order valence-corrected chi connectivity index (χ1v) is 6.65. The zero-order chi connectivity index (χ0) is 11.5. The Labute approximate surface area is 110 Å². The Hall–Kier alpha value is -0.471. The molecule has 2 aromatic carbocycles. The van der Waals surface area contributed by atoms with E-state index in [1.54, 1.807) is 0 Å². The summed E-state index contributed by atoms with van der Waals surface area (Å²) in [6, 6.07) is 10.5. The quantitative estimate of drug-likeness (QED) is 0.652. The molecule has 3 heteroatoms. The van der Waals surface area contributed by atoms with Crippen LogP contribution in [0.15, 0.2) is 35.2 Å². The van der Waals surface area contributed by atoms with Crippen LogP contribution < -0.4 is 9.78 Å². The van der Waals surface area contributed by atoms with Gasteiger partial charge in [-0.1, -0.05) is 0 Å². The second-order valence-electron chi connectivity index (χ2n) is 3.71. The van der Waals surface area contributed by atoms with Gasteiger partial charge >= 0.3 is 110 Å². The van der Waals surface area contributed by atoms with Gasteiger partial charge in [0.05, 0.1) is 0 Å². The molecule has 0 fully saturated rings. The van der Waals surface area contributed by atoms with Gasteiger partial charge in [0.25, 0.3) is 0 Å². The minimum absolute atomic E-state index is 0.900. The van der Waals surface area contributed by atoms with Crippen LogP contribution in [0.3, 0.4) is 0 Å². The molecular formula is C13H14NSSe. The SMILES string of the molecule is CCNCc1ccc2cccc(S)c2c1[Se]. The summed E-state index contributed by atoms with van der Waals surface area (Å²) in [4.78, 5) is 1.03. The van der Waals surface area contributed by atoms with Crippen LogP contribution in [0.4, 0.5) is 0 Å². The Morgan fingerprint density at radius 1 is 1.25 bits per heavy atom. The fourth-order valence-electron chi connectivity index (χ4n) is 1.77. The number of benzene rings is 2. The standard InChI is InChI=1S/C13H14NSSe/c1-2-14-8-10-7-6-9-4-3-5-11(15)12(9)13(10)16/h3-7,14-15H,2,8H2,1H3. The van der Waals surface area contributed by atoms with E-state index in [0.29, 0.717) is 0 Å². The summed E-state index contributed by atoms with van der Waals surface area (Å²) in [6.45, 7) is 4.00. The molecule has 0 amide bonds. The van der Waals surface area contributed by atoms with Gasteiger partial charge in [0, 0.05) is 0 Å². The summed E-state index contributed by atoms with van der Waals surface area (Å²) in [7, 11) is 0. The summed E-state index contributed by atoms with van der Waals surface area (Å²) < 4.78 is 1.21. The van der Waals surface area contributed by atoms with E-state index in [1.165, 1.54) is 20.8 Å². The Morgan fingerprint density at radius 2 is 2.06 bits per heavy atom. The van der Waals surface area contributed by atoms with Crippen LogP contribution in [-0.2, 0) is 6.54 Å². The number of fused-ring (bicyclic) bond motifs is 1. The minimum atomic E-state index is 0.900. The van der Waals surface area contributed by atoms with Crippen LogP contribution in [0.1, 0.15) is 12.5 Å². The van der Waals surface area contributed by atoms with E-state index in [2.05, 4.69) is 59.1 Å². The first-order chi connectivity index (χ1) is 7.74. The normalized spacial score (nSPS) is 10.9. The Kier molecular flexibility index (Phi) is 3.93. The molecule has 0 unspecified atom stereocenters. The third-order valence-electron chi connectivity index (χ3n) is 2.62. The average Bonchev–Trinajstić information content (AvgIpc) is 2.28. The molecule has 0 aliphatic rings. The van der Waals surface area contributed by atoms with Crippen molar-refractivity contribution in [3.63, 3.8) is 0 Å².